The summed E-state index contributed by atoms with van der Waals surface area (Å²) in [5.41, 5.74) is -0.0813. The molecule has 1 atom stereocenters. The molecule has 0 radical (unpaired) electrons. The number of hydrogen-bond donors (Lipinski definition) is 1. The van der Waals surface area contributed by atoms with E-state index in [1.54, 1.807) is 17.0 Å². The number of alkyl halides is 1. The summed E-state index contributed by atoms with van der Waals surface area (Å²) < 4.78 is 1.66. The molecule has 1 heterocycles. The van der Waals surface area contributed by atoms with Gasteiger partial charge in [0, 0.05) is 25.0 Å². The molecule has 1 fully saturated rings. The maximum absolute atomic E-state index is 12.0. The van der Waals surface area contributed by atoms with Crippen molar-refractivity contribution in [3.63, 3.8) is 0 Å². The molecular weight excluding hydrogens is 238 g/mol. The number of nitrogens with one attached hydrogen (secondary N) is 1. The number of nitrogens with zero attached hydrogens (tertiary/aromatic N) is 2. The van der Waals surface area contributed by atoms with Crippen molar-refractivity contribution >= 4 is 17.4 Å². The first kappa shape index (κ1) is 12.4. The summed E-state index contributed by atoms with van der Waals surface area (Å²) in [6.07, 6.45) is 5.75. The summed E-state index contributed by atoms with van der Waals surface area (Å²) in [7, 11) is 0. The van der Waals surface area contributed by atoms with Crippen molar-refractivity contribution in [2.45, 2.75) is 38.1 Å². The molecule has 1 saturated carbocycles. The molecule has 0 amide bonds. The van der Waals surface area contributed by atoms with Gasteiger partial charge in [0.25, 0.3) is 5.56 Å². The second-order valence-electron chi connectivity index (χ2n) is 4.82. The predicted octanol–water partition coefficient (Wildman–Crippen LogP) is 2.25. The van der Waals surface area contributed by atoms with Gasteiger partial charge in [-0.3, -0.25) is 4.79 Å². The molecule has 0 bridgehead atoms. The lowest BCUT2D eigenvalue weighted by Gasteiger charge is -2.13. The maximum Gasteiger partial charge on any atom is 0.293 e. The zero-order chi connectivity index (χ0) is 12.4. The molecule has 1 aromatic rings. The van der Waals surface area contributed by atoms with Gasteiger partial charge in [-0.05, 0) is 32.6 Å². The predicted molar refractivity (Wildman–Crippen MR) is 69.7 cm³/mol. The van der Waals surface area contributed by atoms with Crippen LogP contribution in [0.5, 0.6) is 0 Å². The highest BCUT2D eigenvalue weighted by Crippen LogP contribution is 2.35. The number of aromatic nitrogens is 2. The number of hydrogen-bond acceptors (Lipinski definition) is 3. The molecule has 0 saturated heterocycles. The largest absolute Gasteiger partial charge is 0.364 e. The minimum Gasteiger partial charge on any atom is -0.364 e. The van der Waals surface area contributed by atoms with E-state index in [0.717, 1.165) is 0 Å². The van der Waals surface area contributed by atoms with E-state index in [0.29, 0.717) is 18.3 Å². The number of rotatable bonds is 5. The summed E-state index contributed by atoms with van der Waals surface area (Å²) in [5, 5.41) is 3.15. The van der Waals surface area contributed by atoms with Crippen LogP contribution in [0.15, 0.2) is 17.2 Å². The topological polar surface area (TPSA) is 46.9 Å². The van der Waals surface area contributed by atoms with Gasteiger partial charge in [0.05, 0.1) is 5.38 Å². The van der Waals surface area contributed by atoms with E-state index in [4.69, 9.17) is 11.6 Å². The molecule has 0 aromatic carbocycles. The smallest absolute Gasteiger partial charge is 0.293 e. The minimum absolute atomic E-state index is 0.0813. The van der Waals surface area contributed by atoms with Crippen LogP contribution in [0.2, 0.25) is 0 Å². The highest BCUT2D eigenvalue weighted by atomic mass is 35.5. The highest BCUT2D eigenvalue weighted by molar-refractivity contribution is 6.21. The van der Waals surface area contributed by atoms with Crippen molar-refractivity contribution in [2.75, 3.05) is 11.9 Å². The molecule has 2 rings (SSSR count). The zero-order valence-corrected chi connectivity index (χ0v) is 10.9. The van der Waals surface area contributed by atoms with E-state index < -0.39 is 0 Å². The molecule has 17 heavy (non-hydrogen) atoms. The third-order valence-electron chi connectivity index (χ3n) is 3.02. The van der Waals surface area contributed by atoms with Gasteiger partial charge in [0.2, 0.25) is 0 Å². The first-order valence-corrected chi connectivity index (χ1v) is 6.48. The van der Waals surface area contributed by atoms with Crippen LogP contribution in [0.25, 0.3) is 0 Å². The van der Waals surface area contributed by atoms with Crippen LogP contribution >= 0.6 is 11.6 Å². The Morgan fingerprint density at radius 3 is 2.88 bits per heavy atom. The summed E-state index contributed by atoms with van der Waals surface area (Å²) in [6, 6.07) is 0.140. The zero-order valence-electron chi connectivity index (χ0n) is 10.2. The molecular formula is C12H18ClN3O. The van der Waals surface area contributed by atoms with Crippen LogP contribution in [0, 0.1) is 5.92 Å². The standard InChI is InChI=1S/C12H18ClN3O/c1-8(2)16-6-5-14-11(12(16)17)15-7-10(13)9-3-4-9/h5-6,8-10H,3-4,7H2,1-2H3,(H,14,15). The Morgan fingerprint density at radius 2 is 2.29 bits per heavy atom. The molecule has 0 aliphatic heterocycles. The van der Waals surface area contributed by atoms with Crippen molar-refractivity contribution < 1.29 is 0 Å². The lowest BCUT2D eigenvalue weighted by Crippen LogP contribution is -2.28. The fourth-order valence-electron chi connectivity index (χ4n) is 1.77. The first-order valence-electron chi connectivity index (χ1n) is 6.04. The van der Waals surface area contributed by atoms with Crippen molar-refractivity contribution in [3.8, 4) is 0 Å². The van der Waals surface area contributed by atoms with Gasteiger partial charge in [-0.1, -0.05) is 0 Å². The number of anilines is 1. The quantitative estimate of drug-likeness (QED) is 0.821. The van der Waals surface area contributed by atoms with Gasteiger partial charge in [-0.15, -0.1) is 11.6 Å². The molecule has 1 aliphatic rings. The summed E-state index contributed by atoms with van der Waals surface area (Å²) in [5.74, 6) is 1.01. The SMILES string of the molecule is CC(C)n1ccnc(NCC(Cl)C2CC2)c1=O. The fraction of sp³-hybridized carbons (Fsp3) is 0.667. The van der Waals surface area contributed by atoms with Crippen molar-refractivity contribution in [3.05, 3.63) is 22.7 Å². The van der Waals surface area contributed by atoms with E-state index in [9.17, 15) is 4.79 Å². The second kappa shape index (κ2) is 5.08. The number of halogens is 1. The average molecular weight is 256 g/mol. The minimum atomic E-state index is -0.0813. The molecule has 4 nitrogen and oxygen atoms in total. The Hall–Kier alpha value is -1.03. The summed E-state index contributed by atoms with van der Waals surface area (Å²) >= 11 is 6.18. The van der Waals surface area contributed by atoms with Crippen LogP contribution in [0.4, 0.5) is 5.82 Å². The Bertz CT molecular complexity index is 440. The van der Waals surface area contributed by atoms with E-state index in [-0.39, 0.29) is 17.0 Å². The summed E-state index contributed by atoms with van der Waals surface area (Å²) in [6.45, 7) is 4.55. The monoisotopic (exact) mass is 255 g/mol. The lowest BCUT2D eigenvalue weighted by atomic mass is 10.3. The second-order valence-corrected chi connectivity index (χ2v) is 5.38. The van der Waals surface area contributed by atoms with Crippen LogP contribution in [0.3, 0.4) is 0 Å². The molecule has 94 valence electrons. The van der Waals surface area contributed by atoms with Gasteiger partial charge >= 0.3 is 0 Å². The van der Waals surface area contributed by atoms with Crippen molar-refractivity contribution in [1.82, 2.24) is 9.55 Å². The molecule has 1 unspecified atom stereocenters. The molecule has 1 N–H and O–H groups in total. The van der Waals surface area contributed by atoms with Crippen molar-refractivity contribution in [2.24, 2.45) is 5.92 Å². The van der Waals surface area contributed by atoms with Crippen LogP contribution in [-0.2, 0) is 0 Å². The van der Waals surface area contributed by atoms with Crippen LogP contribution in [-0.4, -0.2) is 21.5 Å². The van der Waals surface area contributed by atoms with Crippen LogP contribution < -0.4 is 10.9 Å². The van der Waals surface area contributed by atoms with E-state index in [2.05, 4.69) is 10.3 Å². The fourth-order valence-corrected chi connectivity index (χ4v) is 2.10. The van der Waals surface area contributed by atoms with Gasteiger partial charge in [0.15, 0.2) is 5.82 Å². The third-order valence-corrected chi connectivity index (χ3v) is 3.53. The van der Waals surface area contributed by atoms with E-state index in [1.165, 1.54) is 12.8 Å². The van der Waals surface area contributed by atoms with E-state index in [1.807, 2.05) is 13.8 Å². The Balaban J connectivity index is 2.05. The summed E-state index contributed by atoms with van der Waals surface area (Å²) in [4.78, 5) is 16.1. The highest BCUT2D eigenvalue weighted by Gasteiger charge is 2.29. The molecule has 0 spiro atoms. The van der Waals surface area contributed by atoms with Crippen molar-refractivity contribution in [1.29, 1.82) is 0 Å². The average Bonchev–Trinajstić information content (AvgIpc) is 3.10. The Kier molecular flexibility index (Phi) is 3.72. The normalized spacial score (nSPS) is 17.2. The van der Waals surface area contributed by atoms with Gasteiger partial charge < -0.3 is 9.88 Å². The molecule has 5 heteroatoms. The van der Waals surface area contributed by atoms with Gasteiger partial charge in [-0.2, -0.15) is 0 Å². The Labute approximate surface area is 106 Å². The lowest BCUT2D eigenvalue weighted by molar-refractivity contribution is 0.575. The van der Waals surface area contributed by atoms with Crippen LogP contribution in [0.1, 0.15) is 32.7 Å². The third kappa shape index (κ3) is 3.00. The van der Waals surface area contributed by atoms with Gasteiger partial charge in [0.1, 0.15) is 0 Å². The maximum atomic E-state index is 12.0. The van der Waals surface area contributed by atoms with E-state index >= 15 is 0 Å². The molecule has 1 aliphatic carbocycles. The first-order chi connectivity index (χ1) is 8.09. The Morgan fingerprint density at radius 1 is 1.59 bits per heavy atom. The molecule has 1 aromatic heterocycles. The van der Waals surface area contributed by atoms with Gasteiger partial charge in [-0.25, -0.2) is 4.98 Å².